The first-order chi connectivity index (χ1) is 9.68. The molecular formula is C16H15FN2O. The second-order valence-electron chi connectivity index (χ2n) is 4.34. The van der Waals surface area contributed by atoms with Crippen molar-refractivity contribution in [3.05, 3.63) is 65.7 Å². The van der Waals surface area contributed by atoms with Crippen LogP contribution in [0, 0.1) is 11.3 Å². The Bertz CT molecular complexity index is 592. The van der Waals surface area contributed by atoms with Gasteiger partial charge in [-0.15, -0.1) is 0 Å². The number of methoxy groups -OCH3 is 1. The quantitative estimate of drug-likeness (QED) is 0.849. The minimum Gasteiger partial charge on any atom is -0.497 e. The lowest BCUT2D eigenvalue weighted by Gasteiger charge is -2.19. The average molecular weight is 270 g/mol. The van der Waals surface area contributed by atoms with Gasteiger partial charge in [-0.2, -0.15) is 5.26 Å². The monoisotopic (exact) mass is 270 g/mol. The number of rotatable bonds is 5. The van der Waals surface area contributed by atoms with Gasteiger partial charge >= 0.3 is 0 Å². The third-order valence-corrected chi connectivity index (χ3v) is 3.02. The number of hydrogen-bond acceptors (Lipinski definition) is 3. The van der Waals surface area contributed by atoms with Gasteiger partial charge in [0.1, 0.15) is 11.8 Å². The van der Waals surface area contributed by atoms with Crippen molar-refractivity contribution in [3.63, 3.8) is 0 Å². The molecule has 2 rings (SSSR count). The largest absolute Gasteiger partial charge is 0.497 e. The van der Waals surface area contributed by atoms with Gasteiger partial charge in [-0.1, -0.05) is 42.5 Å². The minimum absolute atomic E-state index is 0.253. The number of nitriles is 1. The molecule has 0 aliphatic rings. The molecular weight excluding hydrogens is 255 g/mol. The maximum Gasteiger partial charge on any atom is 0.274 e. The number of alkyl halides is 1. The van der Waals surface area contributed by atoms with Crippen molar-refractivity contribution in [2.45, 2.75) is 12.3 Å². The predicted molar refractivity (Wildman–Crippen MR) is 74.7 cm³/mol. The Morgan fingerprint density at radius 2 is 1.80 bits per heavy atom. The lowest BCUT2D eigenvalue weighted by molar-refractivity contribution is 0.184. The zero-order chi connectivity index (χ0) is 14.4. The van der Waals surface area contributed by atoms with Gasteiger partial charge in [0.05, 0.1) is 7.11 Å². The molecule has 4 heteroatoms. The Kier molecular flexibility index (Phi) is 4.34. The van der Waals surface area contributed by atoms with Gasteiger partial charge in [0.2, 0.25) is 0 Å². The van der Waals surface area contributed by atoms with Crippen molar-refractivity contribution >= 4 is 0 Å². The molecule has 0 heterocycles. The van der Waals surface area contributed by atoms with Crippen LogP contribution in [-0.2, 0) is 12.3 Å². The molecule has 0 bridgehead atoms. The van der Waals surface area contributed by atoms with Gasteiger partial charge in [0, 0.05) is 12.1 Å². The fourth-order valence-corrected chi connectivity index (χ4v) is 1.84. The standard InChI is InChI=1S/C16H15FN2O/c1-20-15-9-7-13(8-10-15)11-19-16(17,12-18)14-5-3-2-4-6-14/h2-10,19H,11H2,1H3. The highest BCUT2D eigenvalue weighted by atomic mass is 19.1. The van der Waals surface area contributed by atoms with Crippen LogP contribution in [0.4, 0.5) is 4.39 Å². The van der Waals surface area contributed by atoms with Crippen molar-refractivity contribution in [1.29, 1.82) is 5.26 Å². The number of halogens is 1. The van der Waals surface area contributed by atoms with Gasteiger partial charge in [-0.3, -0.25) is 5.32 Å². The zero-order valence-electron chi connectivity index (χ0n) is 11.1. The Balaban J connectivity index is 2.09. The van der Waals surface area contributed by atoms with E-state index in [1.165, 1.54) is 0 Å². The van der Waals surface area contributed by atoms with Crippen LogP contribution < -0.4 is 10.1 Å². The van der Waals surface area contributed by atoms with Crippen LogP contribution >= 0.6 is 0 Å². The number of nitrogens with one attached hydrogen (secondary N) is 1. The summed E-state index contributed by atoms with van der Waals surface area (Å²) in [7, 11) is 1.59. The molecule has 1 atom stereocenters. The third kappa shape index (κ3) is 3.14. The van der Waals surface area contributed by atoms with E-state index in [2.05, 4.69) is 5.32 Å². The van der Waals surface area contributed by atoms with E-state index in [-0.39, 0.29) is 6.54 Å². The van der Waals surface area contributed by atoms with E-state index in [9.17, 15) is 4.39 Å². The smallest absolute Gasteiger partial charge is 0.274 e. The van der Waals surface area contributed by atoms with E-state index >= 15 is 0 Å². The molecule has 20 heavy (non-hydrogen) atoms. The van der Waals surface area contributed by atoms with Crippen molar-refractivity contribution < 1.29 is 9.13 Å². The SMILES string of the molecule is COc1ccc(CNC(F)(C#N)c2ccccc2)cc1. The molecule has 2 aromatic carbocycles. The van der Waals surface area contributed by atoms with Crippen molar-refractivity contribution in [3.8, 4) is 11.8 Å². The molecule has 0 amide bonds. The van der Waals surface area contributed by atoms with Crippen LogP contribution in [0.1, 0.15) is 11.1 Å². The molecule has 0 aliphatic heterocycles. The van der Waals surface area contributed by atoms with Crippen LogP contribution in [0.25, 0.3) is 0 Å². The summed E-state index contributed by atoms with van der Waals surface area (Å²) in [6.45, 7) is 0.253. The third-order valence-electron chi connectivity index (χ3n) is 3.02. The number of nitrogens with zero attached hydrogens (tertiary/aromatic N) is 1. The van der Waals surface area contributed by atoms with Gasteiger partial charge in [0.15, 0.2) is 0 Å². The topological polar surface area (TPSA) is 45.0 Å². The molecule has 0 spiro atoms. The zero-order valence-corrected chi connectivity index (χ0v) is 11.1. The van der Waals surface area contributed by atoms with Gasteiger partial charge in [0.25, 0.3) is 5.79 Å². The maximum atomic E-state index is 14.6. The van der Waals surface area contributed by atoms with Crippen LogP contribution in [0.15, 0.2) is 54.6 Å². The van der Waals surface area contributed by atoms with E-state index in [0.717, 1.165) is 11.3 Å². The highest BCUT2D eigenvalue weighted by Gasteiger charge is 2.30. The minimum atomic E-state index is -2.19. The van der Waals surface area contributed by atoms with Crippen molar-refractivity contribution in [2.24, 2.45) is 0 Å². The Morgan fingerprint density at radius 3 is 2.35 bits per heavy atom. The molecule has 0 radical (unpaired) electrons. The summed E-state index contributed by atoms with van der Waals surface area (Å²) in [6.07, 6.45) is 0. The summed E-state index contributed by atoms with van der Waals surface area (Å²) in [5, 5.41) is 11.7. The summed E-state index contributed by atoms with van der Waals surface area (Å²) in [6, 6.07) is 17.3. The van der Waals surface area contributed by atoms with E-state index < -0.39 is 5.79 Å². The molecule has 102 valence electrons. The molecule has 0 saturated heterocycles. The van der Waals surface area contributed by atoms with Crippen LogP contribution in [0.3, 0.4) is 0 Å². The summed E-state index contributed by atoms with van der Waals surface area (Å²) < 4.78 is 19.6. The Morgan fingerprint density at radius 1 is 1.15 bits per heavy atom. The normalized spacial score (nSPS) is 13.2. The molecule has 0 aliphatic carbocycles. The summed E-state index contributed by atoms with van der Waals surface area (Å²) >= 11 is 0. The average Bonchev–Trinajstić information content (AvgIpc) is 2.54. The summed E-state index contributed by atoms with van der Waals surface area (Å²) in [4.78, 5) is 0. The van der Waals surface area contributed by atoms with Gasteiger partial charge in [-0.05, 0) is 17.7 Å². The first-order valence-corrected chi connectivity index (χ1v) is 6.21. The van der Waals surface area contributed by atoms with Crippen LogP contribution in [-0.4, -0.2) is 7.11 Å². The lowest BCUT2D eigenvalue weighted by Crippen LogP contribution is -2.36. The van der Waals surface area contributed by atoms with E-state index in [1.807, 2.05) is 12.1 Å². The first-order valence-electron chi connectivity index (χ1n) is 6.21. The van der Waals surface area contributed by atoms with Crippen molar-refractivity contribution in [1.82, 2.24) is 5.32 Å². The summed E-state index contributed by atoms with van der Waals surface area (Å²) in [5.74, 6) is -1.45. The molecule has 0 saturated carbocycles. The number of hydrogen-bond donors (Lipinski definition) is 1. The maximum absolute atomic E-state index is 14.6. The van der Waals surface area contributed by atoms with Gasteiger partial charge in [-0.25, -0.2) is 4.39 Å². The van der Waals surface area contributed by atoms with Crippen molar-refractivity contribution in [2.75, 3.05) is 7.11 Å². The predicted octanol–water partition coefficient (Wildman–Crippen LogP) is 3.13. The fraction of sp³-hybridized carbons (Fsp3) is 0.188. The molecule has 2 aromatic rings. The molecule has 0 fully saturated rings. The van der Waals surface area contributed by atoms with E-state index in [0.29, 0.717) is 5.56 Å². The fourth-order valence-electron chi connectivity index (χ4n) is 1.84. The Hall–Kier alpha value is -2.38. The molecule has 1 N–H and O–H groups in total. The Labute approximate surface area is 117 Å². The van der Waals surface area contributed by atoms with Gasteiger partial charge < -0.3 is 4.74 Å². The highest BCUT2D eigenvalue weighted by Crippen LogP contribution is 2.22. The number of benzene rings is 2. The molecule has 3 nitrogen and oxygen atoms in total. The lowest BCUT2D eigenvalue weighted by atomic mass is 10.1. The summed E-state index contributed by atoms with van der Waals surface area (Å²) in [5.41, 5.74) is 1.18. The second kappa shape index (κ2) is 6.18. The number of ether oxygens (including phenoxy) is 1. The van der Waals surface area contributed by atoms with E-state index in [1.54, 1.807) is 55.6 Å². The second-order valence-corrected chi connectivity index (χ2v) is 4.34. The van der Waals surface area contributed by atoms with Crippen LogP contribution in [0.5, 0.6) is 5.75 Å². The molecule has 1 unspecified atom stereocenters. The van der Waals surface area contributed by atoms with Crippen LogP contribution in [0.2, 0.25) is 0 Å². The highest BCUT2D eigenvalue weighted by molar-refractivity contribution is 5.30. The first kappa shape index (κ1) is 14.0. The van der Waals surface area contributed by atoms with E-state index in [4.69, 9.17) is 10.00 Å². The molecule has 0 aromatic heterocycles.